The molecule has 0 heterocycles. The third-order valence-corrected chi connectivity index (χ3v) is 1.85. The molecule has 2 nitrogen and oxygen atoms in total. The van der Waals surface area contributed by atoms with Crippen molar-refractivity contribution < 1.29 is 10.2 Å². The average molecular weight is 185 g/mol. The Morgan fingerprint density at radius 2 is 2.08 bits per heavy atom. The predicted molar refractivity (Wildman–Crippen MR) is 49.5 cm³/mol. The summed E-state index contributed by atoms with van der Waals surface area (Å²) in [4.78, 5) is 0. The zero-order valence-electron chi connectivity index (χ0n) is 6.42. The molecule has 0 saturated carbocycles. The number of aromatic hydroxyl groups is 2. The Morgan fingerprint density at radius 3 is 2.58 bits per heavy atom. The summed E-state index contributed by atoms with van der Waals surface area (Å²) in [6.07, 6.45) is 0. The number of rotatable bonds is 2. The first-order valence-corrected chi connectivity index (χ1v) is 3.94. The lowest BCUT2D eigenvalue weighted by Crippen LogP contribution is -1.84. The van der Waals surface area contributed by atoms with Gasteiger partial charge in [0.05, 0.1) is 0 Å². The van der Waals surface area contributed by atoms with Crippen LogP contribution in [-0.2, 0) is 0 Å². The lowest BCUT2D eigenvalue weighted by atomic mass is 10.1. The van der Waals surface area contributed by atoms with Gasteiger partial charge < -0.3 is 10.2 Å². The second kappa shape index (κ2) is 3.50. The van der Waals surface area contributed by atoms with Crippen LogP contribution in [0.1, 0.15) is 5.56 Å². The van der Waals surface area contributed by atoms with E-state index in [0.717, 1.165) is 0 Å². The molecule has 0 aromatic heterocycles. The van der Waals surface area contributed by atoms with Crippen LogP contribution in [-0.4, -0.2) is 16.1 Å². The highest BCUT2D eigenvalue weighted by molar-refractivity contribution is 6.23. The molecule has 0 aliphatic heterocycles. The van der Waals surface area contributed by atoms with Gasteiger partial charge in [-0.2, -0.15) is 0 Å². The van der Waals surface area contributed by atoms with Gasteiger partial charge in [-0.1, -0.05) is 6.58 Å². The summed E-state index contributed by atoms with van der Waals surface area (Å²) in [5.74, 6) is 0.289. The zero-order chi connectivity index (χ0) is 9.14. The fraction of sp³-hybridized carbons (Fsp3) is 0.111. The molecule has 64 valence electrons. The molecular formula is C9H9ClO2. The topological polar surface area (TPSA) is 40.5 Å². The van der Waals surface area contributed by atoms with Gasteiger partial charge in [0, 0.05) is 17.5 Å². The summed E-state index contributed by atoms with van der Waals surface area (Å²) < 4.78 is 0. The average Bonchev–Trinajstić information content (AvgIpc) is 2.03. The third kappa shape index (κ3) is 1.71. The predicted octanol–water partition coefficient (Wildman–Crippen LogP) is 2.35. The number of benzene rings is 1. The molecule has 1 rings (SSSR count). The van der Waals surface area contributed by atoms with Crippen molar-refractivity contribution in [1.29, 1.82) is 0 Å². The van der Waals surface area contributed by atoms with Crippen molar-refractivity contribution in [1.82, 2.24) is 0 Å². The Hall–Kier alpha value is -1.15. The van der Waals surface area contributed by atoms with Gasteiger partial charge in [-0.15, -0.1) is 11.6 Å². The molecule has 0 fully saturated rings. The van der Waals surface area contributed by atoms with Gasteiger partial charge >= 0.3 is 0 Å². The third-order valence-electron chi connectivity index (χ3n) is 1.52. The normalized spacial score (nSPS) is 9.75. The Labute approximate surface area is 75.7 Å². The van der Waals surface area contributed by atoms with Gasteiger partial charge in [0.1, 0.15) is 11.5 Å². The highest BCUT2D eigenvalue weighted by atomic mass is 35.5. The smallest absolute Gasteiger partial charge is 0.126 e. The van der Waals surface area contributed by atoms with E-state index in [2.05, 4.69) is 6.58 Å². The van der Waals surface area contributed by atoms with E-state index in [1.807, 2.05) is 0 Å². The minimum atomic E-state index is 0.000602. The molecule has 0 atom stereocenters. The Bertz CT molecular complexity index is 307. The standard InChI is InChI=1S/C9H9ClO2/c1-6(5-10)8-3-2-7(11)4-9(8)12/h2-4,11-12H,1,5H2. The van der Waals surface area contributed by atoms with Crippen LogP contribution in [0.3, 0.4) is 0 Å². The van der Waals surface area contributed by atoms with Crippen molar-refractivity contribution in [3.05, 3.63) is 30.3 Å². The fourth-order valence-electron chi connectivity index (χ4n) is 0.891. The number of hydrogen-bond donors (Lipinski definition) is 2. The fourth-order valence-corrected chi connectivity index (χ4v) is 1.03. The molecule has 2 N–H and O–H groups in total. The van der Waals surface area contributed by atoms with Crippen molar-refractivity contribution in [3.8, 4) is 11.5 Å². The van der Waals surface area contributed by atoms with E-state index in [1.165, 1.54) is 12.1 Å². The molecule has 1 aromatic carbocycles. The van der Waals surface area contributed by atoms with E-state index in [4.69, 9.17) is 16.7 Å². The minimum Gasteiger partial charge on any atom is -0.508 e. The maximum atomic E-state index is 9.31. The molecule has 0 aliphatic carbocycles. The molecule has 0 saturated heterocycles. The van der Waals surface area contributed by atoms with E-state index >= 15 is 0 Å². The lowest BCUT2D eigenvalue weighted by molar-refractivity contribution is 0.449. The maximum Gasteiger partial charge on any atom is 0.126 e. The van der Waals surface area contributed by atoms with Gasteiger partial charge in [0.25, 0.3) is 0 Å². The largest absolute Gasteiger partial charge is 0.508 e. The second-order valence-corrected chi connectivity index (χ2v) is 2.71. The lowest BCUT2D eigenvalue weighted by Gasteiger charge is -2.04. The van der Waals surface area contributed by atoms with Gasteiger partial charge in [-0.25, -0.2) is 0 Å². The second-order valence-electron chi connectivity index (χ2n) is 2.44. The van der Waals surface area contributed by atoms with Crippen LogP contribution in [0.2, 0.25) is 0 Å². The molecular weight excluding hydrogens is 176 g/mol. The Kier molecular flexibility index (Phi) is 2.61. The van der Waals surface area contributed by atoms with E-state index < -0.39 is 0 Å². The highest BCUT2D eigenvalue weighted by Gasteiger charge is 2.04. The van der Waals surface area contributed by atoms with E-state index in [1.54, 1.807) is 6.07 Å². The molecule has 0 unspecified atom stereocenters. The van der Waals surface area contributed by atoms with Crippen LogP contribution in [0.25, 0.3) is 5.57 Å². The van der Waals surface area contributed by atoms with Gasteiger partial charge in [-0.05, 0) is 17.7 Å². The van der Waals surface area contributed by atoms with E-state index in [0.29, 0.717) is 11.1 Å². The SMILES string of the molecule is C=C(CCl)c1ccc(O)cc1O. The van der Waals surface area contributed by atoms with Crippen LogP contribution in [0.5, 0.6) is 11.5 Å². The van der Waals surface area contributed by atoms with Crippen LogP contribution < -0.4 is 0 Å². The summed E-state index contributed by atoms with van der Waals surface area (Å²) >= 11 is 5.53. The van der Waals surface area contributed by atoms with Crippen molar-refractivity contribution in [3.63, 3.8) is 0 Å². The van der Waals surface area contributed by atoms with Crippen molar-refractivity contribution >= 4 is 17.2 Å². The molecule has 0 bridgehead atoms. The summed E-state index contributed by atoms with van der Waals surface area (Å²) in [5.41, 5.74) is 1.21. The summed E-state index contributed by atoms with van der Waals surface area (Å²) in [6.45, 7) is 3.66. The van der Waals surface area contributed by atoms with Crippen molar-refractivity contribution in [2.24, 2.45) is 0 Å². The van der Waals surface area contributed by atoms with Crippen molar-refractivity contribution in [2.75, 3.05) is 5.88 Å². The molecule has 0 aliphatic rings. The first-order chi connectivity index (χ1) is 5.65. The number of allylic oxidation sites excluding steroid dienone is 1. The summed E-state index contributed by atoms with van der Waals surface area (Å²) in [5, 5.41) is 18.3. The number of phenolic OH excluding ortho intramolecular Hbond substituents is 2. The van der Waals surface area contributed by atoms with Gasteiger partial charge in [0.2, 0.25) is 0 Å². The van der Waals surface area contributed by atoms with Crippen LogP contribution in [0.4, 0.5) is 0 Å². The number of phenols is 2. The molecule has 12 heavy (non-hydrogen) atoms. The first kappa shape index (κ1) is 8.94. The molecule has 1 aromatic rings. The Morgan fingerprint density at radius 1 is 1.42 bits per heavy atom. The number of hydrogen-bond acceptors (Lipinski definition) is 2. The number of alkyl halides is 1. The molecule has 0 spiro atoms. The van der Waals surface area contributed by atoms with E-state index in [9.17, 15) is 5.11 Å². The summed E-state index contributed by atoms with van der Waals surface area (Å²) in [6, 6.07) is 4.31. The Balaban J connectivity index is 3.09. The molecule has 0 amide bonds. The minimum absolute atomic E-state index is 0.000602. The first-order valence-electron chi connectivity index (χ1n) is 3.41. The monoisotopic (exact) mass is 184 g/mol. The van der Waals surface area contributed by atoms with Crippen molar-refractivity contribution in [2.45, 2.75) is 0 Å². The maximum absolute atomic E-state index is 9.31. The molecule has 0 radical (unpaired) electrons. The van der Waals surface area contributed by atoms with E-state index in [-0.39, 0.29) is 17.4 Å². The number of halogens is 1. The highest BCUT2D eigenvalue weighted by Crippen LogP contribution is 2.27. The zero-order valence-corrected chi connectivity index (χ0v) is 7.17. The van der Waals surface area contributed by atoms with Gasteiger partial charge in [0.15, 0.2) is 0 Å². The quantitative estimate of drug-likeness (QED) is 0.693. The van der Waals surface area contributed by atoms with Gasteiger partial charge in [-0.3, -0.25) is 0 Å². The van der Waals surface area contributed by atoms with Crippen LogP contribution in [0, 0.1) is 0 Å². The summed E-state index contributed by atoms with van der Waals surface area (Å²) in [7, 11) is 0. The molecule has 3 heteroatoms. The van der Waals surface area contributed by atoms with Crippen LogP contribution in [0.15, 0.2) is 24.8 Å². The van der Waals surface area contributed by atoms with Crippen LogP contribution >= 0.6 is 11.6 Å².